The standard InChI is InChI=1S/C18H21NO4.C10H13NO3.C8H10O2.4C2H6/c1-19-17(12-14-4-8-16(21)9-5-14)18(22)23-11-10-13-2-6-15(20)7-3-13;1-11-9(10(13)14)6-7-2-4-8(12)5-3-7;9-6-5-7-1-3-8(10)4-2-7;4*1-2/h2-9,17,19-21H,10-12H2,1H3;2-5,9,11-12H,6H2,1H3,(H,13,14);1-4,9-10H,5-6H2;4*1-2H3. The predicted molar refractivity (Wildman–Crippen MR) is 224 cm³/mol. The number of likely N-dealkylation sites (N-methyl/N-ethyl adjacent to an activating group) is 2. The van der Waals surface area contributed by atoms with E-state index in [1.807, 2.05) is 55.4 Å². The first kappa shape index (κ1) is 54.2. The number of ether oxygens (including phenoxy) is 1. The fourth-order valence-corrected chi connectivity index (χ4v) is 4.18. The van der Waals surface area contributed by atoms with Gasteiger partial charge in [0.25, 0.3) is 0 Å². The van der Waals surface area contributed by atoms with Crippen LogP contribution in [0.15, 0.2) is 97.1 Å². The Morgan fingerprint density at radius 1 is 0.509 bits per heavy atom. The van der Waals surface area contributed by atoms with E-state index in [1.165, 1.54) is 0 Å². The molecule has 0 saturated heterocycles. The number of aliphatic hydroxyl groups excluding tert-OH is 1. The van der Waals surface area contributed by atoms with E-state index in [4.69, 9.17) is 25.2 Å². The maximum Gasteiger partial charge on any atom is 0.323 e. The average Bonchev–Trinajstić information content (AvgIpc) is 3.22. The molecule has 0 aliphatic heterocycles. The maximum absolute atomic E-state index is 12.1. The number of hydrogen-bond acceptors (Lipinski definition) is 10. The summed E-state index contributed by atoms with van der Waals surface area (Å²) in [6.45, 7) is 16.4. The quantitative estimate of drug-likeness (QED) is 0.0624. The molecule has 0 aliphatic rings. The third kappa shape index (κ3) is 26.3. The summed E-state index contributed by atoms with van der Waals surface area (Å²) < 4.78 is 5.31. The number of rotatable bonds is 13. The number of aliphatic carboxylic acids is 1. The molecule has 11 heteroatoms. The SMILES string of the molecule is CC.CC.CC.CC.CNC(Cc1ccc(O)cc1)C(=O)O.CNC(Cc1ccc(O)cc1)C(=O)OCCc1ccc(O)cc1.OCCc1ccc(O)cc1. The molecule has 0 aliphatic carbocycles. The van der Waals surface area contributed by atoms with Crippen LogP contribution in [0.3, 0.4) is 0 Å². The highest BCUT2D eigenvalue weighted by atomic mass is 16.5. The van der Waals surface area contributed by atoms with Crippen molar-refractivity contribution < 1.29 is 45.0 Å². The van der Waals surface area contributed by atoms with Crippen LogP contribution in [0.2, 0.25) is 0 Å². The Labute approximate surface area is 329 Å². The second kappa shape index (κ2) is 35.9. The summed E-state index contributed by atoms with van der Waals surface area (Å²) in [5.74, 6) is -0.312. The van der Waals surface area contributed by atoms with Gasteiger partial charge in [-0.05, 0) is 104 Å². The Bertz CT molecular complexity index is 1460. The fourth-order valence-electron chi connectivity index (χ4n) is 4.18. The first-order valence-corrected chi connectivity index (χ1v) is 19.0. The van der Waals surface area contributed by atoms with Crippen molar-refractivity contribution in [2.45, 2.75) is 93.2 Å². The van der Waals surface area contributed by atoms with E-state index < -0.39 is 18.1 Å². The Morgan fingerprint density at radius 3 is 1.09 bits per heavy atom. The molecule has 2 atom stereocenters. The lowest BCUT2D eigenvalue weighted by molar-refractivity contribution is -0.146. The van der Waals surface area contributed by atoms with Crippen molar-refractivity contribution in [3.63, 3.8) is 0 Å². The van der Waals surface area contributed by atoms with Crippen molar-refractivity contribution in [1.82, 2.24) is 10.6 Å². The average molecular weight is 769 g/mol. The van der Waals surface area contributed by atoms with E-state index in [1.54, 1.807) is 111 Å². The number of carbonyl (C=O) groups excluding carboxylic acids is 1. The van der Waals surface area contributed by atoms with Gasteiger partial charge in [-0.1, -0.05) is 104 Å². The minimum Gasteiger partial charge on any atom is -0.508 e. The summed E-state index contributed by atoms with van der Waals surface area (Å²) in [6.07, 6.45) is 2.16. The van der Waals surface area contributed by atoms with Gasteiger partial charge in [-0.3, -0.25) is 9.59 Å². The molecule has 308 valence electrons. The predicted octanol–water partition coefficient (Wildman–Crippen LogP) is 7.65. The van der Waals surface area contributed by atoms with Crippen LogP contribution in [0.5, 0.6) is 23.0 Å². The van der Waals surface area contributed by atoms with Crippen molar-refractivity contribution in [2.75, 3.05) is 27.3 Å². The largest absolute Gasteiger partial charge is 0.508 e. The summed E-state index contributed by atoms with van der Waals surface area (Å²) in [5.41, 5.74) is 3.86. The zero-order valence-electron chi connectivity index (χ0n) is 34.5. The number of benzene rings is 4. The minimum absolute atomic E-state index is 0.158. The van der Waals surface area contributed by atoms with E-state index in [-0.39, 0.29) is 42.2 Å². The van der Waals surface area contributed by atoms with Crippen LogP contribution in [0.4, 0.5) is 0 Å². The van der Waals surface area contributed by atoms with Crippen LogP contribution in [0.25, 0.3) is 0 Å². The number of aromatic hydroxyl groups is 4. The number of phenols is 4. The molecule has 0 amide bonds. The molecule has 0 radical (unpaired) electrons. The van der Waals surface area contributed by atoms with Gasteiger partial charge in [0.05, 0.1) is 6.61 Å². The molecule has 0 heterocycles. The van der Waals surface area contributed by atoms with E-state index in [0.717, 1.165) is 22.3 Å². The Morgan fingerprint density at radius 2 is 0.800 bits per heavy atom. The van der Waals surface area contributed by atoms with Crippen LogP contribution in [0.1, 0.15) is 77.6 Å². The molecule has 0 saturated carbocycles. The molecule has 4 rings (SSSR count). The Balaban J connectivity index is -0.000000722. The molecule has 11 nitrogen and oxygen atoms in total. The summed E-state index contributed by atoms with van der Waals surface area (Å²) in [4.78, 5) is 22.8. The van der Waals surface area contributed by atoms with Crippen LogP contribution in [-0.4, -0.2) is 82.0 Å². The van der Waals surface area contributed by atoms with Crippen LogP contribution in [0, 0.1) is 0 Å². The molecule has 4 aromatic rings. The molecule has 8 N–H and O–H groups in total. The number of carboxylic acids is 1. The van der Waals surface area contributed by atoms with Crippen molar-refractivity contribution in [1.29, 1.82) is 0 Å². The highest BCUT2D eigenvalue weighted by molar-refractivity contribution is 5.76. The number of esters is 1. The summed E-state index contributed by atoms with van der Waals surface area (Å²) in [7, 11) is 3.32. The van der Waals surface area contributed by atoms with Crippen LogP contribution < -0.4 is 10.6 Å². The molecule has 4 aromatic carbocycles. The topological polar surface area (TPSA) is 189 Å². The van der Waals surface area contributed by atoms with Crippen LogP contribution in [-0.2, 0) is 40.0 Å². The smallest absolute Gasteiger partial charge is 0.323 e. The highest BCUT2D eigenvalue weighted by Crippen LogP contribution is 2.14. The van der Waals surface area contributed by atoms with Crippen molar-refractivity contribution in [3.8, 4) is 23.0 Å². The highest BCUT2D eigenvalue weighted by Gasteiger charge is 2.18. The number of carboxylic acid groups (broad SMARTS) is 1. The van der Waals surface area contributed by atoms with Gasteiger partial charge in [0.2, 0.25) is 0 Å². The van der Waals surface area contributed by atoms with Gasteiger partial charge >= 0.3 is 11.9 Å². The molecule has 0 bridgehead atoms. The number of hydrogen-bond donors (Lipinski definition) is 8. The Hall–Kier alpha value is -5.10. The first-order valence-electron chi connectivity index (χ1n) is 19.0. The van der Waals surface area contributed by atoms with E-state index in [2.05, 4.69) is 10.6 Å². The van der Waals surface area contributed by atoms with E-state index in [0.29, 0.717) is 25.7 Å². The third-order valence-electron chi connectivity index (χ3n) is 6.94. The number of phenolic OH excluding ortho intramolecular Hbond substituents is 4. The summed E-state index contributed by atoms with van der Waals surface area (Å²) in [6, 6.07) is 25.9. The monoisotopic (exact) mass is 768 g/mol. The molecule has 0 aromatic heterocycles. The normalized spacial score (nSPS) is 10.3. The van der Waals surface area contributed by atoms with Gasteiger partial charge in [-0.15, -0.1) is 0 Å². The lowest BCUT2D eigenvalue weighted by Gasteiger charge is -2.15. The molecular weight excluding hydrogens is 700 g/mol. The molecule has 55 heavy (non-hydrogen) atoms. The lowest BCUT2D eigenvalue weighted by atomic mass is 10.1. The van der Waals surface area contributed by atoms with E-state index in [9.17, 15) is 19.8 Å². The molecule has 0 spiro atoms. The molecule has 0 fully saturated rings. The second-order valence-electron chi connectivity index (χ2n) is 10.5. The van der Waals surface area contributed by atoms with Crippen LogP contribution >= 0.6 is 0 Å². The van der Waals surface area contributed by atoms with Gasteiger partial charge in [0, 0.05) is 13.0 Å². The van der Waals surface area contributed by atoms with Crippen molar-refractivity contribution in [2.24, 2.45) is 0 Å². The summed E-state index contributed by atoms with van der Waals surface area (Å²) >= 11 is 0. The zero-order chi connectivity index (χ0) is 42.6. The van der Waals surface area contributed by atoms with Crippen molar-refractivity contribution >= 4 is 11.9 Å². The van der Waals surface area contributed by atoms with Gasteiger partial charge in [0.15, 0.2) is 0 Å². The number of carbonyl (C=O) groups is 2. The van der Waals surface area contributed by atoms with Gasteiger partial charge < -0.3 is 46.0 Å². The third-order valence-corrected chi connectivity index (χ3v) is 6.94. The first-order chi connectivity index (χ1) is 26.5. The zero-order valence-corrected chi connectivity index (χ0v) is 34.5. The minimum atomic E-state index is -0.874. The number of aliphatic hydroxyl groups is 1. The fraction of sp³-hybridized carbons (Fsp3) is 0.409. The second-order valence-corrected chi connectivity index (χ2v) is 10.5. The maximum atomic E-state index is 12.1. The Kier molecular flexibility index (Phi) is 35.4. The van der Waals surface area contributed by atoms with Gasteiger partial charge in [-0.2, -0.15) is 0 Å². The van der Waals surface area contributed by atoms with Gasteiger partial charge in [0.1, 0.15) is 35.1 Å². The summed E-state index contributed by atoms with van der Waals surface area (Å²) in [5, 5.41) is 59.3. The van der Waals surface area contributed by atoms with Gasteiger partial charge in [-0.25, -0.2) is 0 Å². The molecular formula is C44H68N2O9. The van der Waals surface area contributed by atoms with Crippen molar-refractivity contribution in [3.05, 3.63) is 119 Å². The molecule has 2 unspecified atom stereocenters. The van der Waals surface area contributed by atoms with E-state index >= 15 is 0 Å². The lowest BCUT2D eigenvalue weighted by Crippen LogP contribution is -2.37. The number of nitrogens with one attached hydrogen (secondary N) is 2.